The zero-order valence-corrected chi connectivity index (χ0v) is 16.3. The van der Waals surface area contributed by atoms with E-state index in [1.54, 1.807) is 13.3 Å². The Kier molecular flexibility index (Phi) is 5.54. The van der Waals surface area contributed by atoms with E-state index in [0.717, 1.165) is 56.2 Å². The molecule has 4 rings (SSSR count). The molecule has 0 saturated carbocycles. The number of piperazine rings is 1. The summed E-state index contributed by atoms with van der Waals surface area (Å²) in [5, 5.41) is 9.99. The second kappa shape index (κ2) is 8.24. The third kappa shape index (κ3) is 3.72. The average Bonchev–Trinajstić information content (AvgIpc) is 2.74. The number of aliphatic hydroxyl groups excluding tert-OH is 1. The summed E-state index contributed by atoms with van der Waals surface area (Å²) in [6.45, 7) is 6.36. The monoisotopic (exact) mass is 381 g/mol. The molecule has 2 aromatic rings. The zero-order valence-electron chi connectivity index (χ0n) is 16.3. The van der Waals surface area contributed by atoms with Crippen molar-refractivity contribution in [2.45, 2.75) is 25.9 Å². The molecule has 1 amide bonds. The number of rotatable bonds is 4. The molecule has 1 unspecified atom stereocenters. The van der Waals surface area contributed by atoms with Crippen molar-refractivity contribution in [1.29, 1.82) is 0 Å². The van der Waals surface area contributed by atoms with E-state index in [2.05, 4.69) is 31.9 Å². The van der Waals surface area contributed by atoms with Crippen LogP contribution in [0.2, 0.25) is 0 Å². The van der Waals surface area contributed by atoms with Crippen LogP contribution in [-0.2, 0) is 17.8 Å². The van der Waals surface area contributed by atoms with Crippen molar-refractivity contribution in [3.63, 3.8) is 0 Å². The van der Waals surface area contributed by atoms with E-state index in [1.807, 2.05) is 23.1 Å². The molecular weight excluding hydrogens is 354 g/mol. The maximum absolute atomic E-state index is 11.6. The minimum absolute atomic E-state index is 0.0214. The van der Waals surface area contributed by atoms with Gasteiger partial charge in [-0.1, -0.05) is 30.3 Å². The number of fused-ring (bicyclic) bond motifs is 1. The Morgan fingerprint density at radius 2 is 1.86 bits per heavy atom. The van der Waals surface area contributed by atoms with Crippen LogP contribution >= 0.6 is 0 Å². The van der Waals surface area contributed by atoms with Crippen LogP contribution in [0.3, 0.4) is 0 Å². The van der Waals surface area contributed by atoms with E-state index in [9.17, 15) is 9.90 Å². The number of aromatic nitrogens is 2. The highest BCUT2D eigenvalue weighted by Gasteiger charge is 2.29. The second-order valence-corrected chi connectivity index (χ2v) is 7.45. The molecule has 7 nitrogen and oxygen atoms in total. The number of nitrogens with zero attached hydrogens (tertiary/aromatic N) is 5. The molecule has 1 fully saturated rings. The van der Waals surface area contributed by atoms with E-state index in [-0.39, 0.29) is 18.6 Å². The first-order valence-electron chi connectivity index (χ1n) is 9.90. The highest BCUT2D eigenvalue weighted by atomic mass is 16.3. The summed E-state index contributed by atoms with van der Waals surface area (Å²) in [5.41, 5.74) is 3.38. The van der Waals surface area contributed by atoms with E-state index in [1.165, 1.54) is 5.56 Å². The number of anilines is 1. The van der Waals surface area contributed by atoms with Crippen LogP contribution in [0.25, 0.3) is 0 Å². The van der Waals surface area contributed by atoms with Gasteiger partial charge in [0.25, 0.3) is 0 Å². The van der Waals surface area contributed by atoms with Gasteiger partial charge in [0.15, 0.2) is 0 Å². The van der Waals surface area contributed by atoms with Gasteiger partial charge >= 0.3 is 0 Å². The van der Waals surface area contributed by atoms with Gasteiger partial charge in [0, 0.05) is 51.8 Å². The van der Waals surface area contributed by atoms with Crippen LogP contribution < -0.4 is 4.90 Å². The minimum atomic E-state index is -0.0214. The van der Waals surface area contributed by atoms with Gasteiger partial charge < -0.3 is 14.9 Å². The molecule has 1 aromatic heterocycles. The molecule has 1 N–H and O–H groups in total. The predicted octanol–water partition coefficient (Wildman–Crippen LogP) is 1.24. The largest absolute Gasteiger partial charge is 0.394 e. The smallest absolute Gasteiger partial charge is 0.219 e. The van der Waals surface area contributed by atoms with Crippen LogP contribution in [0.4, 0.5) is 5.82 Å². The van der Waals surface area contributed by atoms with Gasteiger partial charge in [0.1, 0.15) is 12.1 Å². The first-order valence-corrected chi connectivity index (χ1v) is 9.90. The highest BCUT2D eigenvalue weighted by Crippen LogP contribution is 2.30. The molecule has 2 aliphatic rings. The van der Waals surface area contributed by atoms with Gasteiger partial charge in [0.05, 0.1) is 18.3 Å². The lowest BCUT2D eigenvalue weighted by atomic mass is 9.99. The van der Waals surface area contributed by atoms with E-state index in [0.29, 0.717) is 6.54 Å². The first-order chi connectivity index (χ1) is 13.7. The molecule has 0 spiro atoms. The van der Waals surface area contributed by atoms with Gasteiger partial charge in [-0.2, -0.15) is 0 Å². The predicted molar refractivity (Wildman–Crippen MR) is 107 cm³/mol. The maximum Gasteiger partial charge on any atom is 0.219 e. The topological polar surface area (TPSA) is 72.8 Å². The van der Waals surface area contributed by atoms with Gasteiger partial charge in [-0.15, -0.1) is 0 Å². The Labute approximate surface area is 165 Å². The molecule has 28 heavy (non-hydrogen) atoms. The molecule has 1 aromatic carbocycles. The maximum atomic E-state index is 11.6. The van der Waals surface area contributed by atoms with Gasteiger partial charge in [-0.25, -0.2) is 9.97 Å². The Bertz CT molecular complexity index is 821. The number of aliphatic hydroxyl groups is 1. The summed E-state index contributed by atoms with van der Waals surface area (Å²) in [6, 6.07) is 10.1. The van der Waals surface area contributed by atoms with Gasteiger partial charge in [0.2, 0.25) is 5.91 Å². The second-order valence-electron chi connectivity index (χ2n) is 7.45. The lowest BCUT2D eigenvalue weighted by Crippen LogP contribution is -2.49. The normalized spacial score (nSPS) is 18.6. The zero-order chi connectivity index (χ0) is 19.5. The Morgan fingerprint density at radius 1 is 1.11 bits per heavy atom. The van der Waals surface area contributed by atoms with Crippen molar-refractivity contribution >= 4 is 11.7 Å². The van der Waals surface area contributed by atoms with Crippen LogP contribution in [-0.4, -0.2) is 70.1 Å². The van der Waals surface area contributed by atoms with Crippen molar-refractivity contribution in [2.75, 3.05) is 44.2 Å². The lowest BCUT2D eigenvalue weighted by Gasteiger charge is -2.38. The van der Waals surface area contributed by atoms with E-state index in [4.69, 9.17) is 0 Å². The fourth-order valence-electron chi connectivity index (χ4n) is 4.24. The SMILES string of the molecule is CC(=O)N1CCN(c2ncnc3c2CCN(C(CO)c2ccccc2)C3)CC1. The molecule has 1 atom stereocenters. The minimum Gasteiger partial charge on any atom is -0.394 e. The summed E-state index contributed by atoms with van der Waals surface area (Å²) in [6.07, 6.45) is 2.51. The van der Waals surface area contributed by atoms with Crippen molar-refractivity contribution < 1.29 is 9.90 Å². The molecular formula is C21H27N5O2. The van der Waals surface area contributed by atoms with Crippen molar-refractivity contribution in [3.8, 4) is 0 Å². The van der Waals surface area contributed by atoms with Crippen LogP contribution in [0.15, 0.2) is 36.7 Å². The van der Waals surface area contributed by atoms with Crippen LogP contribution in [0.5, 0.6) is 0 Å². The number of carbonyl (C=O) groups is 1. The molecule has 0 radical (unpaired) electrons. The van der Waals surface area contributed by atoms with E-state index < -0.39 is 0 Å². The third-order valence-corrected chi connectivity index (χ3v) is 5.84. The number of amides is 1. The summed E-state index contributed by atoms with van der Waals surface area (Å²) < 4.78 is 0. The molecule has 7 heteroatoms. The standard InChI is InChI=1S/C21H27N5O2/c1-16(28)24-9-11-25(12-10-24)21-18-7-8-26(13-19(18)22-15-23-21)20(14-27)17-5-3-2-4-6-17/h2-6,15,20,27H,7-14H2,1H3. The molecule has 2 aliphatic heterocycles. The quantitative estimate of drug-likeness (QED) is 0.859. The highest BCUT2D eigenvalue weighted by molar-refractivity contribution is 5.73. The van der Waals surface area contributed by atoms with Gasteiger partial charge in [-0.3, -0.25) is 9.69 Å². The van der Waals surface area contributed by atoms with Crippen LogP contribution in [0.1, 0.15) is 29.8 Å². The number of hydrogen-bond acceptors (Lipinski definition) is 6. The fraction of sp³-hybridized carbons (Fsp3) is 0.476. The number of hydrogen-bond donors (Lipinski definition) is 1. The Hall–Kier alpha value is -2.51. The van der Waals surface area contributed by atoms with Crippen LogP contribution in [0, 0.1) is 0 Å². The number of benzene rings is 1. The lowest BCUT2D eigenvalue weighted by molar-refractivity contribution is -0.129. The summed E-state index contributed by atoms with van der Waals surface area (Å²) in [4.78, 5) is 27.2. The van der Waals surface area contributed by atoms with Crippen molar-refractivity contribution in [1.82, 2.24) is 19.8 Å². The Balaban J connectivity index is 1.51. The summed E-state index contributed by atoms with van der Waals surface area (Å²) in [5.74, 6) is 1.14. The summed E-state index contributed by atoms with van der Waals surface area (Å²) in [7, 11) is 0. The fourth-order valence-corrected chi connectivity index (χ4v) is 4.24. The molecule has 3 heterocycles. The van der Waals surface area contributed by atoms with Gasteiger partial charge in [-0.05, 0) is 12.0 Å². The molecule has 0 bridgehead atoms. The average molecular weight is 381 g/mol. The number of carbonyl (C=O) groups excluding carboxylic acids is 1. The molecule has 1 saturated heterocycles. The van der Waals surface area contributed by atoms with E-state index >= 15 is 0 Å². The first kappa shape index (κ1) is 18.8. The third-order valence-electron chi connectivity index (χ3n) is 5.84. The molecule has 148 valence electrons. The molecule has 0 aliphatic carbocycles. The van der Waals surface area contributed by atoms with Crippen molar-refractivity contribution in [3.05, 3.63) is 53.5 Å². The van der Waals surface area contributed by atoms with Crippen molar-refractivity contribution in [2.24, 2.45) is 0 Å². The summed E-state index contributed by atoms with van der Waals surface area (Å²) >= 11 is 0. The Morgan fingerprint density at radius 3 is 2.54 bits per heavy atom.